The summed E-state index contributed by atoms with van der Waals surface area (Å²) in [5.41, 5.74) is 1.29. The Hall–Kier alpha value is -1.62. The number of aromatic carboxylic acids is 1. The number of hydrogen-bond donors (Lipinski definition) is 1. The van der Waals surface area contributed by atoms with Crippen molar-refractivity contribution in [3.63, 3.8) is 0 Å². The van der Waals surface area contributed by atoms with Crippen molar-refractivity contribution in [3.05, 3.63) is 29.6 Å². The molecule has 0 aliphatic heterocycles. The number of fused-ring (bicyclic) bond motifs is 1. The first-order valence-corrected chi connectivity index (χ1v) is 6.96. The molecule has 1 N–H and O–H groups in total. The predicted octanol–water partition coefficient (Wildman–Crippen LogP) is 3.22. The molecule has 0 saturated heterocycles. The molecule has 0 amide bonds. The van der Waals surface area contributed by atoms with E-state index in [-0.39, 0.29) is 23.5 Å². The molecule has 3 rings (SSSR count). The number of carbonyl (C=O) groups is 1. The van der Waals surface area contributed by atoms with Crippen molar-refractivity contribution in [1.82, 2.24) is 9.55 Å². The maximum absolute atomic E-state index is 13.1. The summed E-state index contributed by atoms with van der Waals surface area (Å²) in [6, 6.07) is 4.76. The van der Waals surface area contributed by atoms with Gasteiger partial charge in [-0.05, 0) is 31.0 Å². The molecule has 0 spiro atoms. The molecule has 0 unspecified atom stereocenters. The molecule has 1 heterocycles. The van der Waals surface area contributed by atoms with Gasteiger partial charge in [0.2, 0.25) is 0 Å². The van der Waals surface area contributed by atoms with Crippen LogP contribution in [0.15, 0.2) is 18.2 Å². The van der Waals surface area contributed by atoms with Gasteiger partial charge in [0.25, 0.3) is 0 Å². The molecule has 1 fully saturated rings. The minimum Gasteiger partial charge on any atom is -0.478 e. The van der Waals surface area contributed by atoms with Crippen LogP contribution in [0, 0.1) is 5.41 Å². The molecule has 0 atom stereocenters. The number of nitrogens with zero attached hydrogens (tertiary/aromatic N) is 2. The standard InChI is InChI=1S/C14H14ClFN2O2/c15-6-12-17-10-2-1-9(13(19)20)5-11(10)18(12)8-14(7-16)3-4-14/h1-2,5H,3-4,6-8H2,(H,19,20). The summed E-state index contributed by atoms with van der Waals surface area (Å²) in [7, 11) is 0. The van der Waals surface area contributed by atoms with Crippen LogP contribution in [-0.2, 0) is 12.4 Å². The minimum absolute atomic E-state index is 0.199. The molecule has 2 aromatic rings. The fourth-order valence-corrected chi connectivity index (χ4v) is 2.63. The second-order valence-electron chi connectivity index (χ2n) is 5.39. The number of aromatic nitrogens is 2. The van der Waals surface area contributed by atoms with Crippen molar-refractivity contribution >= 4 is 28.6 Å². The second kappa shape index (κ2) is 4.74. The third kappa shape index (κ3) is 2.16. The van der Waals surface area contributed by atoms with E-state index in [2.05, 4.69) is 4.98 Å². The van der Waals surface area contributed by atoms with Crippen molar-refractivity contribution in [2.45, 2.75) is 25.3 Å². The van der Waals surface area contributed by atoms with Gasteiger partial charge in [-0.15, -0.1) is 11.6 Å². The first-order valence-electron chi connectivity index (χ1n) is 6.43. The highest BCUT2D eigenvalue weighted by Gasteiger charge is 2.43. The van der Waals surface area contributed by atoms with E-state index in [0.717, 1.165) is 12.8 Å². The first kappa shape index (κ1) is 13.4. The average molecular weight is 297 g/mol. The minimum atomic E-state index is -0.987. The first-order chi connectivity index (χ1) is 9.58. The quantitative estimate of drug-likeness (QED) is 0.862. The highest BCUT2D eigenvalue weighted by molar-refractivity contribution is 6.16. The number of halogens is 2. The molecule has 4 nitrogen and oxygen atoms in total. The molecule has 1 aliphatic rings. The topological polar surface area (TPSA) is 55.1 Å². The summed E-state index contributed by atoms with van der Waals surface area (Å²) in [6.07, 6.45) is 1.70. The van der Waals surface area contributed by atoms with Gasteiger partial charge in [0.15, 0.2) is 0 Å². The van der Waals surface area contributed by atoms with Crippen molar-refractivity contribution in [2.75, 3.05) is 6.67 Å². The monoisotopic (exact) mass is 296 g/mol. The summed E-state index contributed by atoms with van der Waals surface area (Å²) in [6.45, 7) is 0.137. The van der Waals surface area contributed by atoms with E-state index in [1.807, 2.05) is 4.57 Å². The van der Waals surface area contributed by atoms with Crippen molar-refractivity contribution < 1.29 is 14.3 Å². The SMILES string of the molecule is O=C(O)c1ccc2nc(CCl)n(CC3(CF)CC3)c2c1. The Labute approximate surface area is 120 Å². The lowest BCUT2D eigenvalue weighted by Gasteiger charge is -2.14. The molecule has 0 radical (unpaired) electrons. The Bertz CT molecular complexity index is 679. The van der Waals surface area contributed by atoms with Crippen LogP contribution in [-0.4, -0.2) is 27.3 Å². The summed E-state index contributed by atoms with van der Waals surface area (Å²) in [5, 5.41) is 9.07. The van der Waals surface area contributed by atoms with Crippen LogP contribution < -0.4 is 0 Å². The van der Waals surface area contributed by atoms with Gasteiger partial charge in [-0.1, -0.05) is 0 Å². The van der Waals surface area contributed by atoms with Gasteiger partial charge in [-0.2, -0.15) is 0 Å². The van der Waals surface area contributed by atoms with Crippen molar-refractivity contribution in [1.29, 1.82) is 0 Å². The smallest absolute Gasteiger partial charge is 0.335 e. The third-order valence-corrected chi connectivity index (χ3v) is 4.17. The molecule has 1 aromatic heterocycles. The van der Waals surface area contributed by atoms with E-state index < -0.39 is 5.97 Å². The number of benzene rings is 1. The van der Waals surface area contributed by atoms with Gasteiger partial charge in [-0.25, -0.2) is 9.78 Å². The summed E-state index contributed by atoms with van der Waals surface area (Å²) < 4.78 is 15.0. The third-order valence-electron chi connectivity index (χ3n) is 3.93. The van der Waals surface area contributed by atoms with Gasteiger partial charge in [0.05, 0.1) is 29.2 Å². The second-order valence-corrected chi connectivity index (χ2v) is 5.66. The lowest BCUT2D eigenvalue weighted by atomic mass is 10.1. The molecule has 20 heavy (non-hydrogen) atoms. The summed E-state index contributed by atoms with van der Waals surface area (Å²) in [5.74, 6) is -0.109. The zero-order valence-corrected chi connectivity index (χ0v) is 11.5. The maximum Gasteiger partial charge on any atom is 0.335 e. The number of carboxylic acid groups (broad SMARTS) is 1. The van der Waals surface area contributed by atoms with E-state index in [9.17, 15) is 9.18 Å². The predicted molar refractivity (Wildman–Crippen MR) is 73.9 cm³/mol. The fraction of sp³-hybridized carbons (Fsp3) is 0.429. The summed E-state index contributed by atoms with van der Waals surface area (Å²) >= 11 is 5.90. The van der Waals surface area contributed by atoms with E-state index in [1.54, 1.807) is 12.1 Å². The highest BCUT2D eigenvalue weighted by atomic mass is 35.5. The fourth-order valence-electron chi connectivity index (χ4n) is 2.43. The van der Waals surface area contributed by atoms with Crippen molar-refractivity contribution in [3.8, 4) is 0 Å². The lowest BCUT2D eigenvalue weighted by molar-refractivity contribution is 0.0697. The van der Waals surface area contributed by atoms with E-state index in [0.29, 0.717) is 23.4 Å². The van der Waals surface area contributed by atoms with Crippen LogP contribution in [0.5, 0.6) is 0 Å². The largest absolute Gasteiger partial charge is 0.478 e. The molecule has 1 saturated carbocycles. The molecule has 1 aliphatic carbocycles. The van der Waals surface area contributed by atoms with Gasteiger partial charge < -0.3 is 9.67 Å². The van der Waals surface area contributed by atoms with Gasteiger partial charge in [-0.3, -0.25) is 4.39 Å². The number of carboxylic acids is 1. The number of hydrogen-bond acceptors (Lipinski definition) is 2. The van der Waals surface area contributed by atoms with Gasteiger partial charge in [0, 0.05) is 12.0 Å². The lowest BCUT2D eigenvalue weighted by Crippen LogP contribution is -2.15. The zero-order valence-electron chi connectivity index (χ0n) is 10.8. The van der Waals surface area contributed by atoms with E-state index >= 15 is 0 Å². The molecular formula is C14H14ClFN2O2. The van der Waals surface area contributed by atoms with Crippen LogP contribution in [0.2, 0.25) is 0 Å². The molecule has 0 bridgehead atoms. The van der Waals surface area contributed by atoms with Crippen LogP contribution in [0.25, 0.3) is 11.0 Å². The number of rotatable bonds is 5. The Kier molecular flexibility index (Phi) is 3.17. The van der Waals surface area contributed by atoms with Crippen LogP contribution in [0.3, 0.4) is 0 Å². The molecule has 1 aromatic carbocycles. The Morgan fingerprint density at radius 3 is 2.80 bits per heavy atom. The number of alkyl halides is 2. The Morgan fingerprint density at radius 1 is 1.50 bits per heavy atom. The maximum atomic E-state index is 13.1. The summed E-state index contributed by atoms with van der Waals surface area (Å²) in [4.78, 5) is 15.5. The van der Waals surface area contributed by atoms with E-state index in [1.165, 1.54) is 6.07 Å². The Morgan fingerprint density at radius 2 is 2.25 bits per heavy atom. The zero-order chi connectivity index (χ0) is 14.3. The highest BCUT2D eigenvalue weighted by Crippen LogP contribution is 2.48. The molecular weight excluding hydrogens is 283 g/mol. The van der Waals surface area contributed by atoms with Gasteiger partial charge >= 0.3 is 5.97 Å². The van der Waals surface area contributed by atoms with Crippen molar-refractivity contribution in [2.24, 2.45) is 5.41 Å². The molecule has 106 valence electrons. The molecule has 6 heteroatoms. The van der Waals surface area contributed by atoms with Crippen LogP contribution in [0.1, 0.15) is 29.0 Å². The Balaban J connectivity index is 2.11. The van der Waals surface area contributed by atoms with Crippen LogP contribution >= 0.6 is 11.6 Å². The normalized spacial score (nSPS) is 16.5. The van der Waals surface area contributed by atoms with Gasteiger partial charge in [0.1, 0.15) is 5.82 Å². The average Bonchev–Trinajstić information content (AvgIpc) is 3.14. The number of imidazole rings is 1. The van der Waals surface area contributed by atoms with E-state index in [4.69, 9.17) is 16.7 Å². The van der Waals surface area contributed by atoms with Crippen LogP contribution in [0.4, 0.5) is 4.39 Å².